The fourth-order valence-electron chi connectivity index (χ4n) is 2.66. The van der Waals surface area contributed by atoms with Crippen molar-refractivity contribution in [1.29, 1.82) is 0 Å². The summed E-state index contributed by atoms with van der Waals surface area (Å²) in [7, 11) is 0. The zero-order valence-corrected chi connectivity index (χ0v) is 13.5. The number of halogens is 1. The molecule has 0 saturated heterocycles. The largest absolute Gasteiger partial charge is 0.348 e. The summed E-state index contributed by atoms with van der Waals surface area (Å²) in [5, 5.41) is 3.09. The summed E-state index contributed by atoms with van der Waals surface area (Å²) in [6.45, 7) is 1.53. The Kier molecular flexibility index (Phi) is 4.47. The van der Waals surface area contributed by atoms with E-state index in [2.05, 4.69) is 10.3 Å². The van der Waals surface area contributed by atoms with E-state index in [9.17, 15) is 18.8 Å². The molecule has 2 N–H and O–H groups in total. The Morgan fingerprint density at radius 1 is 1.16 bits per heavy atom. The van der Waals surface area contributed by atoms with E-state index in [0.29, 0.717) is 10.9 Å². The van der Waals surface area contributed by atoms with Crippen molar-refractivity contribution in [1.82, 2.24) is 14.9 Å². The molecule has 1 atom stereocenters. The maximum absolute atomic E-state index is 13.0. The first kappa shape index (κ1) is 16.6. The first-order chi connectivity index (χ1) is 12.0. The lowest BCUT2D eigenvalue weighted by molar-refractivity contribution is -0.122. The Balaban J connectivity index is 1.84. The van der Waals surface area contributed by atoms with Gasteiger partial charge in [-0.25, -0.2) is 9.18 Å². The lowest BCUT2D eigenvalue weighted by Gasteiger charge is -2.15. The van der Waals surface area contributed by atoms with Gasteiger partial charge in [-0.1, -0.05) is 24.3 Å². The Hall–Kier alpha value is -3.22. The number of hydrogen-bond donors (Lipinski definition) is 2. The lowest BCUT2D eigenvalue weighted by Crippen LogP contribution is -2.37. The number of fused-ring (bicyclic) bond motifs is 1. The third-order valence-corrected chi connectivity index (χ3v) is 3.95. The highest BCUT2D eigenvalue weighted by Gasteiger charge is 2.13. The van der Waals surface area contributed by atoms with Crippen LogP contribution in [0.15, 0.2) is 58.1 Å². The monoisotopic (exact) mass is 341 g/mol. The number of para-hydroxylation sites is 1. The second kappa shape index (κ2) is 6.72. The van der Waals surface area contributed by atoms with Crippen LogP contribution in [-0.4, -0.2) is 15.5 Å². The molecule has 6 nitrogen and oxygen atoms in total. The van der Waals surface area contributed by atoms with E-state index in [4.69, 9.17) is 0 Å². The van der Waals surface area contributed by atoms with Gasteiger partial charge in [0, 0.05) is 0 Å². The summed E-state index contributed by atoms with van der Waals surface area (Å²) >= 11 is 0. The minimum absolute atomic E-state index is 0.234. The number of aromatic amines is 1. The van der Waals surface area contributed by atoms with Crippen LogP contribution in [-0.2, 0) is 11.3 Å². The molecule has 0 saturated carbocycles. The Morgan fingerprint density at radius 3 is 2.56 bits per heavy atom. The predicted molar refractivity (Wildman–Crippen MR) is 91.8 cm³/mol. The number of nitrogens with zero attached hydrogens (tertiary/aromatic N) is 1. The van der Waals surface area contributed by atoms with Gasteiger partial charge in [-0.2, -0.15) is 0 Å². The number of hydrogen-bond acceptors (Lipinski definition) is 3. The fraction of sp³-hybridized carbons (Fsp3) is 0.167. The molecule has 0 radical (unpaired) electrons. The van der Waals surface area contributed by atoms with E-state index < -0.39 is 17.2 Å². The van der Waals surface area contributed by atoms with Crippen LogP contribution in [0.3, 0.4) is 0 Å². The van der Waals surface area contributed by atoms with Crippen molar-refractivity contribution in [2.75, 3.05) is 0 Å². The topological polar surface area (TPSA) is 84.0 Å². The summed E-state index contributed by atoms with van der Waals surface area (Å²) < 4.78 is 14.2. The number of carbonyl (C=O) groups is 1. The second-order valence-electron chi connectivity index (χ2n) is 5.70. The standard InChI is InChI=1S/C18H16FN3O3/c1-11(12-6-8-13(19)9-7-12)20-16(23)10-22-15-5-3-2-4-14(15)17(24)21-18(22)25/h2-9,11H,10H2,1H3,(H,20,23)(H,21,24,25)/t11-/m1/s1. The van der Waals surface area contributed by atoms with Crippen LogP contribution < -0.4 is 16.6 Å². The number of nitrogens with one attached hydrogen (secondary N) is 2. The molecule has 25 heavy (non-hydrogen) atoms. The molecular weight excluding hydrogens is 325 g/mol. The number of aromatic nitrogens is 2. The molecule has 3 aromatic rings. The normalized spacial score (nSPS) is 12.1. The van der Waals surface area contributed by atoms with Crippen LogP contribution in [0.5, 0.6) is 0 Å². The van der Waals surface area contributed by atoms with Gasteiger partial charge in [0.1, 0.15) is 12.4 Å². The second-order valence-corrected chi connectivity index (χ2v) is 5.70. The molecule has 0 fully saturated rings. The fourth-order valence-corrected chi connectivity index (χ4v) is 2.66. The summed E-state index contributed by atoms with van der Waals surface area (Å²) in [5.74, 6) is -0.746. The van der Waals surface area contributed by atoms with Crippen LogP contribution >= 0.6 is 0 Å². The molecule has 7 heteroatoms. The van der Waals surface area contributed by atoms with Gasteiger partial charge in [0.15, 0.2) is 0 Å². The van der Waals surface area contributed by atoms with E-state index in [1.165, 1.54) is 16.7 Å². The van der Waals surface area contributed by atoms with Gasteiger partial charge < -0.3 is 5.32 Å². The minimum Gasteiger partial charge on any atom is -0.348 e. The maximum Gasteiger partial charge on any atom is 0.329 e. The smallest absolute Gasteiger partial charge is 0.329 e. The van der Waals surface area contributed by atoms with Gasteiger partial charge in [-0.3, -0.25) is 19.1 Å². The average molecular weight is 341 g/mol. The number of H-pyrrole nitrogens is 1. The number of rotatable bonds is 4. The number of amides is 1. The average Bonchev–Trinajstić information content (AvgIpc) is 2.59. The molecule has 1 aromatic heterocycles. The molecular formula is C18H16FN3O3. The van der Waals surface area contributed by atoms with Crippen LogP contribution in [0.2, 0.25) is 0 Å². The van der Waals surface area contributed by atoms with E-state index in [0.717, 1.165) is 5.56 Å². The molecule has 0 unspecified atom stereocenters. The molecule has 128 valence electrons. The van der Waals surface area contributed by atoms with Crippen molar-refractivity contribution in [2.24, 2.45) is 0 Å². The molecule has 0 bridgehead atoms. The van der Waals surface area contributed by atoms with Gasteiger partial charge >= 0.3 is 5.69 Å². The molecule has 1 heterocycles. The van der Waals surface area contributed by atoms with Gasteiger partial charge in [0.25, 0.3) is 5.56 Å². The van der Waals surface area contributed by atoms with Crippen molar-refractivity contribution in [3.05, 3.63) is 80.7 Å². The van der Waals surface area contributed by atoms with Gasteiger partial charge in [0.2, 0.25) is 5.91 Å². The van der Waals surface area contributed by atoms with Crippen molar-refractivity contribution < 1.29 is 9.18 Å². The SMILES string of the molecule is C[C@@H](NC(=O)Cn1c(=O)[nH]c(=O)c2ccccc21)c1ccc(F)cc1. The van der Waals surface area contributed by atoms with E-state index >= 15 is 0 Å². The molecule has 3 rings (SSSR count). The van der Waals surface area contributed by atoms with E-state index in [1.807, 2.05) is 0 Å². The molecule has 0 spiro atoms. The number of carbonyl (C=O) groups excluding carboxylic acids is 1. The predicted octanol–water partition coefficient (Wildman–Crippen LogP) is 1.71. The van der Waals surface area contributed by atoms with Gasteiger partial charge in [-0.15, -0.1) is 0 Å². The highest BCUT2D eigenvalue weighted by Crippen LogP contribution is 2.13. The zero-order valence-electron chi connectivity index (χ0n) is 13.5. The van der Waals surface area contributed by atoms with Crippen molar-refractivity contribution >= 4 is 16.8 Å². The Morgan fingerprint density at radius 2 is 1.84 bits per heavy atom. The van der Waals surface area contributed by atoms with Crippen LogP contribution in [0.4, 0.5) is 4.39 Å². The van der Waals surface area contributed by atoms with Crippen molar-refractivity contribution in [3.8, 4) is 0 Å². The minimum atomic E-state index is -0.645. The first-order valence-electron chi connectivity index (χ1n) is 7.72. The van der Waals surface area contributed by atoms with Gasteiger partial charge in [0.05, 0.1) is 16.9 Å². The summed E-state index contributed by atoms with van der Waals surface area (Å²) in [4.78, 5) is 38.4. The van der Waals surface area contributed by atoms with Gasteiger partial charge in [-0.05, 0) is 36.8 Å². The molecule has 0 aliphatic heterocycles. The van der Waals surface area contributed by atoms with Crippen molar-refractivity contribution in [3.63, 3.8) is 0 Å². The molecule has 0 aliphatic rings. The molecule has 0 aliphatic carbocycles. The highest BCUT2D eigenvalue weighted by molar-refractivity contribution is 5.81. The first-order valence-corrected chi connectivity index (χ1v) is 7.72. The molecule has 1 amide bonds. The van der Waals surface area contributed by atoms with Crippen LogP contribution in [0, 0.1) is 5.82 Å². The Labute approximate surface area is 141 Å². The highest BCUT2D eigenvalue weighted by atomic mass is 19.1. The summed E-state index contributed by atoms with van der Waals surface area (Å²) in [5.41, 5.74) is -0.000479. The quantitative estimate of drug-likeness (QED) is 0.758. The maximum atomic E-state index is 13.0. The molecule has 2 aromatic carbocycles. The van der Waals surface area contributed by atoms with Crippen LogP contribution in [0.1, 0.15) is 18.5 Å². The third-order valence-electron chi connectivity index (χ3n) is 3.95. The number of benzene rings is 2. The summed E-state index contributed by atoms with van der Waals surface area (Å²) in [6.07, 6.45) is 0. The Bertz CT molecular complexity index is 1040. The van der Waals surface area contributed by atoms with E-state index in [-0.39, 0.29) is 18.4 Å². The third kappa shape index (κ3) is 3.50. The lowest BCUT2D eigenvalue weighted by atomic mass is 10.1. The van der Waals surface area contributed by atoms with Crippen molar-refractivity contribution in [2.45, 2.75) is 19.5 Å². The van der Waals surface area contributed by atoms with E-state index in [1.54, 1.807) is 43.3 Å². The van der Waals surface area contributed by atoms with Crippen LogP contribution in [0.25, 0.3) is 10.9 Å². The zero-order chi connectivity index (χ0) is 18.0. The summed E-state index contributed by atoms with van der Waals surface area (Å²) in [6, 6.07) is 12.0.